The fourth-order valence-electron chi connectivity index (χ4n) is 3.85. The SMILES string of the molecule is CCCCCCCCCCCCCCCCP(I)(CC)(CC)CC. The number of rotatable bonds is 18. The van der Waals surface area contributed by atoms with Crippen molar-refractivity contribution in [1.82, 2.24) is 0 Å². The van der Waals surface area contributed by atoms with Gasteiger partial charge in [0.15, 0.2) is 0 Å². The fourth-order valence-corrected chi connectivity index (χ4v) is 8.17. The molecular formula is C22H48IP. The normalized spacial score (nSPS) is 13.8. The Morgan fingerprint density at radius 3 is 1.04 bits per heavy atom. The van der Waals surface area contributed by atoms with E-state index < -0.39 is 4.25 Å². The van der Waals surface area contributed by atoms with E-state index in [2.05, 4.69) is 49.7 Å². The maximum atomic E-state index is 2.93. The van der Waals surface area contributed by atoms with Crippen LogP contribution in [0.1, 0.15) is 118 Å². The van der Waals surface area contributed by atoms with Gasteiger partial charge < -0.3 is 0 Å². The summed E-state index contributed by atoms with van der Waals surface area (Å²) in [5.74, 6) is 0. The molecule has 2 heteroatoms. The summed E-state index contributed by atoms with van der Waals surface area (Å²) >= 11 is 2.93. The molecule has 0 saturated carbocycles. The number of hydrogen-bond acceptors (Lipinski definition) is 0. The molecule has 0 nitrogen and oxygen atoms in total. The van der Waals surface area contributed by atoms with Crippen LogP contribution in [0.25, 0.3) is 0 Å². The van der Waals surface area contributed by atoms with Crippen molar-refractivity contribution in [3.8, 4) is 0 Å². The van der Waals surface area contributed by atoms with E-state index in [9.17, 15) is 0 Å². The van der Waals surface area contributed by atoms with Crippen LogP contribution in [0.2, 0.25) is 0 Å². The zero-order chi connectivity index (χ0) is 18.2. The Labute approximate surface area is 168 Å². The molecule has 0 spiro atoms. The predicted octanol–water partition coefficient (Wildman–Crippen LogP) is 9.43. The molecule has 0 aliphatic heterocycles. The monoisotopic (exact) mass is 470 g/mol. The van der Waals surface area contributed by atoms with Crippen molar-refractivity contribution in [2.75, 3.05) is 24.6 Å². The van der Waals surface area contributed by atoms with Gasteiger partial charge in [0, 0.05) is 0 Å². The summed E-state index contributed by atoms with van der Waals surface area (Å²) in [7, 11) is 0. The van der Waals surface area contributed by atoms with Gasteiger partial charge in [0.2, 0.25) is 0 Å². The molecule has 0 saturated heterocycles. The molecule has 148 valence electrons. The molecule has 0 atom stereocenters. The molecule has 0 aromatic rings. The molecule has 0 radical (unpaired) electrons. The fraction of sp³-hybridized carbons (Fsp3) is 1.00. The summed E-state index contributed by atoms with van der Waals surface area (Å²) in [5, 5.41) is 0. The van der Waals surface area contributed by atoms with Crippen LogP contribution in [0.5, 0.6) is 0 Å². The van der Waals surface area contributed by atoms with E-state index in [0.717, 1.165) is 0 Å². The van der Waals surface area contributed by atoms with Crippen LogP contribution in [0, 0.1) is 0 Å². The standard InChI is InChI=1S/C22H48IP/c1-5-9-10-11-12-13-14-15-16-17-18-19-20-21-22-24(23,6-2,7-3)8-4/h5-22H2,1-4H3. The molecule has 0 aliphatic rings. The summed E-state index contributed by atoms with van der Waals surface area (Å²) in [4.78, 5) is 0. The van der Waals surface area contributed by atoms with Crippen LogP contribution >= 0.6 is 26.3 Å². The van der Waals surface area contributed by atoms with Crippen LogP contribution < -0.4 is 0 Å². The van der Waals surface area contributed by atoms with E-state index in [1.807, 2.05) is 0 Å². The summed E-state index contributed by atoms with van der Waals surface area (Å²) in [6, 6.07) is 0. The van der Waals surface area contributed by atoms with Gasteiger partial charge in [-0.05, 0) is 0 Å². The second kappa shape index (κ2) is 15.2. The molecule has 0 aliphatic carbocycles. The minimum absolute atomic E-state index is 1.32. The molecule has 0 unspecified atom stereocenters. The van der Waals surface area contributed by atoms with Crippen LogP contribution in [0.3, 0.4) is 0 Å². The summed E-state index contributed by atoms with van der Waals surface area (Å²) in [5.41, 5.74) is 0. The van der Waals surface area contributed by atoms with Gasteiger partial charge in [-0.25, -0.2) is 0 Å². The molecule has 0 heterocycles. The third-order valence-electron chi connectivity index (χ3n) is 6.44. The van der Waals surface area contributed by atoms with Crippen LogP contribution in [0.4, 0.5) is 0 Å². The third-order valence-corrected chi connectivity index (χ3v) is 20.2. The summed E-state index contributed by atoms with van der Waals surface area (Å²) < 4.78 is -1.32. The minimum atomic E-state index is -1.32. The average Bonchev–Trinajstić information content (AvgIpc) is 2.62. The van der Waals surface area contributed by atoms with Crippen molar-refractivity contribution in [2.24, 2.45) is 0 Å². The Morgan fingerprint density at radius 2 is 0.750 bits per heavy atom. The van der Waals surface area contributed by atoms with Crippen molar-refractivity contribution in [2.45, 2.75) is 118 Å². The Hall–Kier alpha value is 1.16. The maximum absolute atomic E-state index is 2.93. The molecule has 0 fully saturated rings. The van der Waals surface area contributed by atoms with E-state index in [1.54, 1.807) is 6.16 Å². The molecule has 0 aromatic carbocycles. The Bertz CT molecular complexity index is 262. The second-order valence-corrected chi connectivity index (χ2v) is 22.3. The second-order valence-electron chi connectivity index (χ2n) is 8.09. The van der Waals surface area contributed by atoms with Gasteiger partial charge in [0.1, 0.15) is 0 Å². The first-order valence-electron chi connectivity index (χ1n) is 11.3. The molecular weight excluding hydrogens is 422 g/mol. The Morgan fingerprint density at radius 1 is 0.458 bits per heavy atom. The van der Waals surface area contributed by atoms with Gasteiger partial charge in [-0.1, -0.05) is 26.2 Å². The molecule has 0 rings (SSSR count). The summed E-state index contributed by atoms with van der Waals surface area (Å²) in [6.07, 6.45) is 26.5. The first kappa shape index (κ1) is 25.2. The molecule has 0 bridgehead atoms. The van der Waals surface area contributed by atoms with Crippen molar-refractivity contribution < 1.29 is 0 Å². The van der Waals surface area contributed by atoms with Crippen molar-refractivity contribution in [3.05, 3.63) is 0 Å². The number of hydrogen-bond donors (Lipinski definition) is 0. The van der Waals surface area contributed by atoms with Gasteiger partial charge in [-0.3, -0.25) is 0 Å². The molecule has 0 amide bonds. The first-order chi connectivity index (χ1) is 11.5. The number of halogens is 1. The topological polar surface area (TPSA) is 0 Å². The molecule has 24 heavy (non-hydrogen) atoms. The van der Waals surface area contributed by atoms with E-state index in [0.29, 0.717) is 0 Å². The third kappa shape index (κ3) is 11.7. The van der Waals surface area contributed by atoms with Gasteiger partial charge in [0.25, 0.3) is 0 Å². The van der Waals surface area contributed by atoms with Crippen LogP contribution in [-0.4, -0.2) is 24.6 Å². The van der Waals surface area contributed by atoms with Gasteiger partial charge in [0.05, 0.1) is 0 Å². The van der Waals surface area contributed by atoms with Gasteiger partial charge in [-0.15, -0.1) is 0 Å². The van der Waals surface area contributed by atoms with E-state index in [1.165, 1.54) is 108 Å². The van der Waals surface area contributed by atoms with Crippen LogP contribution in [0.15, 0.2) is 0 Å². The first-order valence-corrected chi connectivity index (χ1v) is 17.0. The van der Waals surface area contributed by atoms with E-state index >= 15 is 0 Å². The summed E-state index contributed by atoms with van der Waals surface area (Å²) in [6.45, 7) is 9.64. The quantitative estimate of drug-likeness (QED) is 0.106. The Balaban J connectivity index is 3.40. The number of unbranched alkanes of at least 4 members (excludes halogenated alkanes) is 13. The van der Waals surface area contributed by atoms with E-state index in [-0.39, 0.29) is 0 Å². The molecule has 0 aromatic heterocycles. The van der Waals surface area contributed by atoms with E-state index in [4.69, 9.17) is 0 Å². The van der Waals surface area contributed by atoms with Crippen molar-refractivity contribution >= 4 is 26.3 Å². The zero-order valence-corrected chi connectivity index (χ0v) is 20.6. The van der Waals surface area contributed by atoms with Crippen molar-refractivity contribution in [1.29, 1.82) is 0 Å². The van der Waals surface area contributed by atoms with Gasteiger partial charge >= 0.3 is 142 Å². The predicted molar refractivity (Wildman–Crippen MR) is 128 cm³/mol. The zero-order valence-electron chi connectivity index (χ0n) is 17.6. The van der Waals surface area contributed by atoms with Crippen molar-refractivity contribution in [3.63, 3.8) is 0 Å². The Kier molecular flexibility index (Phi) is 16.0. The average molecular weight is 471 g/mol. The van der Waals surface area contributed by atoms with Crippen LogP contribution in [-0.2, 0) is 0 Å². The molecule has 0 N–H and O–H groups in total. The van der Waals surface area contributed by atoms with Gasteiger partial charge in [-0.2, -0.15) is 0 Å².